The first kappa shape index (κ1) is 20.7. The number of hydrogen-bond acceptors (Lipinski definition) is 5. The van der Waals surface area contributed by atoms with Gasteiger partial charge in [-0.25, -0.2) is 4.39 Å². The van der Waals surface area contributed by atoms with Crippen LogP contribution in [0.25, 0.3) is 0 Å². The van der Waals surface area contributed by atoms with Gasteiger partial charge < -0.3 is 15.7 Å². The van der Waals surface area contributed by atoms with Gasteiger partial charge in [-0.1, -0.05) is 17.7 Å². The minimum absolute atomic E-state index is 0.0545. The Bertz CT molecular complexity index is 1160. The van der Waals surface area contributed by atoms with Gasteiger partial charge in [0, 0.05) is 29.2 Å². The van der Waals surface area contributed by atoms with Crippen molar-refractivity contribution in [1.29, 1.82) is 0 Å². The second kappa shape index (κ2) is 8.31. The Labute approximate surface area is 182 Å². The highest BCUT2D eigenvalue weighted by Crippen LogP contribution is 2.43. The lowest BCUT2D eigenvalue weighted by molar-refractivity contribution is -0.123. The fraction of sp³-hybridized carbons (Fsp3) is 0.182. The molecule has 0 saturated heterocycles. The topological polar surface area (TPSA) is 109 Å². The Balaban J connectivity index is 1.90. The van der Waals surface area contributed by atoms with E-state index in [-0.39, 0.29) is 16.3 Å². The number of amides is 2. The van der Waals surface area contributed by atoms with E-state index in [9.17, 15) is 19.1 Å². The lowest BCUT2D eigenvalue weighted by atomic mass is 9.99. The zero-order valence-corrected chi connectivity index (χ0v) is 17.0. The second-order valence-electron chi connectivity index (χ2n) is 7.21. The largest absolute Gasteiger partial charge is 0.505 e. The Hall–Kier alpha value is -3.52. The minimum atomic E-state index is -1.20. The number of nitrogens with two attached hydrogens (primary N) is 1. The predicted octanol–water partition coefficient (Wildman–Crippen LogP) is 3.33. The molecule has 1 aliphatic carbocycles. The predicted molar refractivity (Wildman–Crippen MR) is 111 cm³/mol. The summed E-state index contributed by atoms with van der Waals surface area (Å²) in [4.78, 5) is 35.3. The van der Waals surface area contributed by atoms with E-state index in [1.165, 1.54) is 35.6 Å². The highest BCUT2D eigenvalue weighted by Gasteiger charge is 2.41. The van der Waals surface area contributed by atoms with Crippen molar-refractivity contribution in [2.75, 3.05) is 0 Å². The number of rotatable bonds is 5. The molecule has 2 atom stereocenters. The van der Waals surface area contributed by atoms with Crippen LogP contribution in [0.2, 0.25) is 5.02 Å². The third kappa shape index (κ3) is 3.82. The molecular weight excluding hydrogens is 423 g/mol. The summed E-state index contributed by atoms with van der Waals surface area (Å²) in [5.41, 5.74) is 7.01. The Morgan fingerprint density at radius 2 is 2.00 bits per heavy atom. The summed E-state index contributed by atoms with van der Waals surface area (Å²) in [5.74, 6) is -2.25. The average Bonchev–Trinajstić information content (AvgIpc) is 3.16. The van der Waals surface area contributed by atoms with Gasteiger partial charge in [0.2, 0.25) is 5.91 Å². The number of nitrogens with zero attached hydrogens (tertiary/aromatic N) is 3. The van der Waals surface area contributed by atoms with Crippen molar-refractivity contribution >= 4 is 23.4 Å². The molecule has 2 amide bonds. The summed E-state index contributed by atoms with van der Waals surface area (Å²) in [7, 11) is 0. The van der Waals surface area contributed by atoms with Crippen molar-refractivity contribution in [3.05, 3.63) is 88.2 Å². The molecule has 0 unspecified atom stereocenters. The van der Waals surface area contributed by atoms with E-state index in [1.54, 1.807) is 18.2 Å². The molecule has 3 aromatic rings. The van der Waals surface area contributed by atoms with E-state index in [1.807, 2.05) is 0 Å². The molecule has 7 nitrogen and oxygen atoms in total. The van der Waals surface area contributed by atoms with Crippen molar-refractivity contribution < 1.29 is 19.1 Å². The van der Waals surface area contributed by atoms with Gasteiger partial charge in [-0.3, -0.25) is 19.6 Å². The van der Waals surface area contributed by atoms with Crippen LogP contribution in [0.1, 0.15) is 45.6 Å². The van der Waals surface area contributed by atoms with Gasteiger partial charge in [0.1, 0.15) is 17.6 Å². The molecule has 1 aromatic carbocycles. The van der Waals surface area contributed by atoms with Gasteiger partial charge in [-0.05, 0) is 48.2 Å². The van der Waals surface area contributed by atoms with Gasteiger partial charge >= 0.3 is 0 Å². The Kier molecular flexibility index (Phi) is 5.56. The van der Waals surface area contributed by atoms with Crippen LogP contribution in [0.3, 0.4) is 0 Å². The molecule has 0 spiro atoms. The van der Waals surface area contributed by atoms with Crippen LogP contribution in [0.4, 0.5) is 4.39 Å². The van der Waals surface area contributed by atoms with Crippen molar-refractivity contribution in [3.8, 4) is 5.75 Å². The standard InChI is InChI=1S/C22H18ClFN4O3/c23-13-8-16-14(17(24)9-13)3-4-18(16)28(22(31)15-5-7-27-11-19(15)29)20(21(25)30)12-2-1-6-26-10-12/h1-2,5-11,18,20,29H,3-4H2,(H2,25,30)/t18-,20-/m1/s1. The van der Waals surface area contributed by atoms with Gasteiger partial charge in [-0.15, -0.1) is 0 Å². The molecule has 0 fully saturated rings. The summed E-state index contributed by atoms with van der Waals surface area (Å²) < 4.78 is 14.5. The van der Waals surface area contributed by atoms with E-state index in [0.29, 0.717) is 29.5 Å². The lowest BCUT2D eigenvalue weighted by Gasteiger charge is -2.35. The number of fused-ring (bicyclic) bond motifs is 1. The third-order valence-corrected chi connectivity index (χ3v) is 5.59. The summed E-state index contributed by atoms with van der Waals surface area (Å²) >= 11 is 6.09. The van der Waals surface area contributed by atoms with Crippen LogP contribution in [0.5, 0.6) is 5.75 Å². The fourth-order valence-electron chi connectivity index (χ4n) is 4.05. The van der Waals surface area contributed by atoms with E-state index in [2.05, 4.69) is 9.97 Å². The first-order valence-electron chi connectivity index (χ1n) is 9.51. The molecule has 9 heteroatoms. The van der Waals surface area contributed by atoms with E-state index in [4.69, 9.17) is 17.3 Å². The van der Waals surface area contributed by atoms with Gasteiger partial charge in [-0.2, -0.15) is 0 Å². The molecule has 0 bridgehead atoms. The number of pyridine rings is 2. The van der Waals surface area contributed by atoms with E-state index < -0.39 is 29.7 Å². The normalized spacial score (nSPS) is 15.9. The smallest absolute Gasteiger partial charge is 0.259 e. The van der Waals surface area contributed by atoms with Crippen LogP contribution in [-0.2, 0) is 11.2 Å². The SMILES string of the molecule is NC(=O)[C@@H](c1cccnc1)N(C(=O)c1ccncc1O)[C@@H]1CCc2c(F)cc(Cl)cc21. The summed E-state index contributed by atoms with van der Waals surface area (Å²) in [6, 6.07) is 5.51. The molecule has 2 aromatic heterocycles. The number of benzene rings is 1. The number of aromatic nitrogens is 2. The molecule has 3 N–H and O–H groups in total. The number of carbonyl (C=O) groups excluding carboxylic acids is 2. The van der Waals surface area contributed by atoms with Crippen molar-refractivity contribution in [2.24, 2.45) is 5.73 Å². The first-order valence-corrected chi connectivity index (χ1v) is 9.89. The zero-order chi connectivity index (χ0) is 22.1. The zero-order valence-electron chi connectivity index (χ0n) is 16.2. The molecule has 0 saturated carbocycles. The molecule has 158 valence electrons. The highest BCUT2D eigenvalue weighted by molar-refractivity contribution is 6.30. The molecule has 2 heterocycles. The Morgan fingerprint density at radius 3 is 2.68 bits per heavy atom. The van der Waals surface area contributed by atoms with Crippen molar-refractivity contribution in [3.63, 3.8) is 0 Å². The van der Waals surface area contributed by atoms with Crippen LogP contribution in [-0.4, -0.2) is 31.8 Å². The van der Waals surface area contributed by atoms with Crippen LogP contribution < -0.4 is 5.73 Å². The van der Waals surface area contributed by atoms with E-state index >= 15 is 0 Å². The second-order valence-corrected chi connectivity index (χ2v) is 7.64. The van der Waals surface area contributed by atoms with Gasteiger partial charge in [0.15, 0.2) is 0 Å². The first-order chi connectivity index (χ1) is 14.9. The van der Waals surface area contributed by atoms with Crippen LogP contribution in [0.15, 0.2) is 55.1 Å². The summed E-state index contributed by atoms with van der Waals surface area (Å²) in [5, 5.41) is 10.4. The molecule has 1 aliphatic rings. The summed E-state index contributed by atoms with van der Waals surface area (Å²) in [6.45, 7) is 0. The fourth-order valence-corrected chi connectivity index (χ4v) is 4.27. The minimum Gasteiger partial charge on any atom is -0.505 e. The number of primary amides is 1. The average molecular weight is 441 g/mol. The van der Waals surface area contributed by atoms with Crippen molar-refractivity contribution in [1.82, 2.24) is 14.9 Å². The molecule has 0 aliphatic heterocycles. The highest BCUT2D eigenvalue weighted by atomic mass is 35.5. The number of hydrogen-bond donors (Lipinski definition) is 2. The lowest BCUT2D eigenvalue weighted by Crippen LogP contribution is -2.43. The molecular formula is C22H18ClFN4O3. The van der Waals surface area contributed by atoms with Crippen LogP contribution in [0, 0.1) is 5.82 Å². The van der Waals surface area contributed by atoms with Gasteiger partial charge in [0.05, 0.1) is 17.8 Å². The summed E-state index contributed by atoms with van der Waals surface area (Å²) in [6.07, 6.45) is 6.17. The number of aromatic hydroxyl groups is 1. The number of carbonyl (C=O) groups is 2. The number of halogens is 2. The Morgan fingerprint density at radius 1 is 1.23 bits per heavy atom. The third-order valence-electron chi connectivity index (χ3n) is 5.37. The quantitative estimate of drug-likeness (QED) is 0.632. The molecule has 0 radical (unpaired) electrons. The van der Waals surface area contributed by atoms with E-state index in [0.717, 1.165) is 6.20 Å². The maximum Gasteiger partial charge on any atom is 0.259 e. The molecule has 4 rings (SSSR count). The monoisotopic (exact) mass is 440 g/mol. The van der Waals surface area contributed by atoms with Crippen LogP contribution >= 0.6 is 11.6 Å². The maximum absolute atomic E-state index is 14.5. The molecule has 31 heavy (non-hydrogen) atoms. The maximum atomic E-state index is 14.5. The van der Waals surface area contributed by atoms with Crippen molar-refractivity contribution in [2.45, 2.75) is 24.9 Å². The van der Waals surface area contributed by atoms with Gasteiger partial charge in [0.25, 0.3) is 5.91 Å².